The summed E-state index contributed by atoms with van der Waals surface area (Å²) < 4.78 is 13.5. The van der Waals surface area contributed by atoms with Crippen LogP contribution in [0.15, 0.2) is 54.2 Å². The van der Waals surface area contributed by atoms with Gasteiger partial charge in [-0.3, -0.25) is 9.59 Å². The van der Waals surface area contributed by atoms with Gasteiger partial charge in [0, 0.05) is 39.5 Å². The minimum absolute atomic E-state index is 0.0341. The first-order chi connectivity index (χ1) is 14.9. The standard InChI is InChI=1S/C24H26FN3O3/c1-26(2)19-6-3-7-20(13-19)28-23(30)21(17-8-10-18(25)11-9-17)22(24(28)31)27-12-4-5-16(14-27)15-29/h3,6-11,13,16,29H,4-5,12,14-15H2,1-2H3. The number of hydrogen-bond donors (Lipinski definition) is 1. The maximum Gasteiger partial charge on any atom is 0.282 e. The number of nitrogens with zero attached hydrogens (tertiary/aromatic N) is 3. The van der Waals surface area contributed by atoms with Crippen molar-refractivity contribution in [2.24, 2.45) is 5.92 Å². The van der Waals surface area contributed by atoms with Crippen LogP contribution < -0.4 is 9.80 Å². The van der Waals surface area contributed by atoms with Gasteiger partial charge in [-0.1, -0.05) is 18.2 Å². The van der Waals surface area contributed by atoms with E-state index < -0.39 is 11.7 Å². The summed E-state index contributed by atoms with van der Waals surface area (Å²) in [5.74, 6) is -1.17. The first-order valence-electron chi connectivity index (χ1n) is 10.4. The monoisotopic (exact) mass is 423 g/mol. The average Bonchev–Trinajstić information content (AvgIpc) is 3.04. The molecular weight excluding hydrogens is 397 g/mol. The highest BCUT2D eigenvalue weighted by Crippen LogP contribution is 2.37. The van der Waals surface area contributed by atoms with Gasteiger partial charge in [0.1, 0.15) is 11.5 Å². The summed E-state index contributed by atoms with van der Waals surface area (Å²) in [7, 11) is 3.78. The molecule has 2 aromatic carbocycles. The van der Waals surface area contributed by atoms with Crippen LogP contribution in [0, 0.1) is 11.7 Å². The third-order valence-electron chi connectivity index (χ3n) is 5.89. The Morgan fingerprint density at radius 3 is 2.52 bits per heavy atom. The molecule has 2 aromatic rings. The van der Waals surface area contributed by atoms with Gasteiger partial charge in [-0.15, -0.1) is 0 Å². The Bertz CT molecular complexity index is 1030. The smallest absolute Gasteiger partial charge is 0.282 e. The van der Waals surface area contributed by atoms with E-state index in [1.807, 2.05) is 36.0 Å². The van der Waals surface area contributed by atoms with Crippen molar-refractivity contribution in [3.63, 3.8) is 0 Å². The number of halogens is 1. The van der Waals surface area contributed by atoms with Gasteiger partial charge in [0.05, 0.1) is 11.3 Å². The molecule has 162 valence electrons. The van der Waals surface area contributed by atoms with Crippen molar-refractivity contribution in [3.05, 3.63) is 65.6 Å². The van der Waals surface area contributed by atoms with Crippen molar-refractivity contribution < 1.29 is 19.1 Å². The maximum atomic E-state index is 13.6. The third kappa shape index (κ3) is 3.93. The quantitative estimate of drug-likeness (QED) is 0.750. The Morgan fingerprint density at radius 1 is 1.10 bits per heavy atom. The van der Waals surface area contributed by atoms with Crippen molar-refractivity contribution in [2.45, 2.75) is 12.8 Å². The first kappa shape index (κ1) is 21.1. The molecule has 1 fully saturated rings. The molecule has 2 aliphatic heterocycles. The fourth-order valence-corrected chi connectivity index (χ4v) is 4.25. The number of carbonyl (C=O) groups excluding carboxylic acids is 2. The largest absolute Gasteiger partial charge is 0.396 e. The summed E-state index contributed by atoms with van der Waals surface area (Å²) >= 11 is 0. The number of aliphatic hydroxyl groups is 1. The van der Waals surface area contributed by atoms with E-state index >= 15 is 0 Å². The second-order valence-corrected chi connectivity index (χ2v) is 8.23. The maximum absolute atomic E-state index is 13.6. The Morgan fingerprint density at radius 2 is 1.84 bits per heavy atom. The molecule has 6 nitrogen and oxygen atoms in total. The second-order valence-electron chi connectivity index (χ2n) is 8.23. The lowest BCUT2D eigenvalue weighted by molar-refractivity contribution is -0.120. The number of benzene rings is 2. The predicted molar refractivity (Wildman–Crippen MR) is 118 cm³/mol. The van der Waals surface area contributed by atoms with Gasteiger partial charge in [-0.2, -0.15) is 0 Å². The number of carbonyl (C=O) groups is 2. The van der Waals surface area contributed by atoms with Crippen LogP contribution in [0.4, 0.5) is 15.8 Å². The van der Waals surface area contributed by atoms with Crippen LogP contribution in [0.2, 0.25) is 0 Å². The number of likely N-dealkylation sites (tertiary alicyclic amines) is 1. The van der Waals surface area contributed by atoms with Gasteiger partial charge in [0.15, 0.2) is 0 Å². The Kier molecular flexibility index (Phi) is 5.78. The number of anilines is 2. The zero-order valence-corrected chi connectivity index (χ0v) is 17.7. The zero-order valence-electron chi connectivity index (χ0n) is 17.7. The molecule has 0 aromatic heterocycles. The summed E-state index contributed by atoms with van der Waals surface area (Å²) in [4.78, 5) is 32.2. The lowest BCUT2D eigenvalue weighted by atomic mass is 9.97. The molecule has 7 heteroatoms. The molecule has 1 saturated heterocycles. The van der Waals surface area contributed by atoms with E-state index in [2.05, 4.69) is 0 Å². The van der Waals surface area contributed by atoms with Crippen LogP contribution in [-0.2, 0) is 9.59 Å². The highest BCUT2D eigenvalue weighted by Gasteiger charge is 2.43. The highest BCUT2D eigenvalue weighted by atomic mass is 19.1. The molecule has 0 aliphatic carbocycles. The number of amides is 2. The van der Waals surface area contributed by atoms with Gasteiger partial charge >= 0.3 is 0 Å². The highest BCUT2D eigenvalue weighted by molar-refractivity contribution is 6.45. The number of rotatable bonds is 5. The molecular formula is C24H26FN3O3. The number of aliphatic hydroxyl groups excluding tert-OH is 1. The fourth-order valence-electron chi connectivity index (χ4n) is 4.25. The van der Waals surface area contributed by atoms with E-state index in [-0.39, 0.29) is 24.0 Å². The topological polar surface area (TPSA) is 64.1 Å². The van der Waals surface area contributed by atoms with Crippen molar-refractivity contribution in [1.82, 2.24) is 4.90 Å². The summed E-state index contributed by atoms with van der Waals surface area (Å²) in [6, 6.07) is 12.9. The SMILES string of the molecule is CN(C)c1cccc(N2C(=O)C(c3ccc(F)cc3)=C(N3CCCC(CO)C3)C2=O)c1. The summed E-state index contributed by atoms with van der Waals surface area (Å²) in [6.45, 7) is 1.16. The van der Waals surface area contributed by atoms with Gasteiger partial charge in [-0.05, 0) is 54.7 Å². The first-order valence-corrected chi connectivity index (χ1v) is 10.4. The van der Waals surface area contributed by atoms with Crippen molar-refractivity contribution in [1.29, 1.82) is 0 Å². The Labute approximate surface area is 181 Å². The van der Waals surface area contributed by atoms with Crippen molar-refractivity contribution in [2.75, 3.05) is 43.6 Å². The van der Waals surface area contributed by atoms with Crippen LogP contribution in [0.5, 0.6) is 0 Å². The van der Waals surface area contributed by atoms with Crippen LogP contribution >= 0.6 is 0 Å². The summed E-state index contributed by atoms with van der Waals surface area (Å²) in [5, 5.41) is 9.64. The molecule has 2 aliphatic rings. The average molecular weight is 423 g/mol. The third-order valence-corrected chi connectivity index (χ3v) is 5.89. The lowest BCUT2D eigenvalue weighted by Gasteiger charge is -2.34. The molecule has 0 bridgehead atoms. The molecule has 1 N–H and O–H groups in total. The van der Waals surface area contributed by atoms with E-state index in [9.17, 15) is 19.1 Å². The number of piperidine rings is 1. The Balaban J connectivity index is 1.80. The lowest BCUT2D eigenvalue weighted by Crippen LogP contribution is -2.40. The number of hydrogen-bond acceptors (Lipinski definition) is 5. The molecule has 4 rings (SSSR count). The molecule has 2 amide bonds. The molecule has 2 heterocycles. The van der Waals surface area contributed by atoms with E-state index in [1.54, 1.807) is 12.1 Å². The Hall–Kier alpha value is -3.19. The minimum atomic E-state index is -0.423. The van der Waals surface area contributed by atoms with Gasteiger partial charge in [-0.25, -0.2) is 9.29 Å². The minimum Gasteiger partial charge on any atom is -0.396 e. The summed E-state index contributed by atoms with van der Waals surface area (Å²) in [6.07, 6.45) is 1.70. The molecule has 1 atom stereocenters. The van der Waals surface area contributed by atoms with Gasteiger partial charge in [0.2, 0.25) is 0 Å². The number of imide groups is 1. The predicted octanol–water partition coefficient (Wildman–Crippen LogP) is 2.88. The van der Waals surface area contributed by atoms with Crippen LogP contribution in [0.1, 0.15) is 18.4 Å². The molecule has 0 radical (unpaired) electrons. The van der Waals surface area contributed by atoms with E-state index in [0.29, 0.717) is 30.0 Å². The summed E-state index contributed by atoms with van der Waals surface area (Å²) in [5.41, 5.74) is 2.47. The molecule has 1 unspecified atom stereocenters. The van der Waals surface area contributed by atoms with Crippen LogP contribution in [-0.4, -0.2) is 55.6 Å². The van der Waals surface area contributed by atoms with Gasteiger partial charge in [0.25, 0.3) is 11.8 Å². The van der Waals surface area contributed by atoms with Crippen LogP contribution in [0.25, 0.3) is 5.57 Å². The van der Waals surface area contributed by atoms with Crippen molar-refractivity contribution >= 4 is 28.8 Å². The fraction of sp³-hybridized carbons (Fsp3) is 0.333. The van der Waals surface area contributed by atoms with E-state index in [4.69, 9.17) is 0 Å². The second kappa shape index (κ2) is 8.51. The normalized spacial score (nSPS) is 19.4. The molecule has 0 saturated carbocycles. The van der Waals surface area contributed by atoms with E-state index in [1.165, 1.54) is 29.2 Å². The van der Waals surface area contributed by atoms with Gasteiger partial charge < -0.3 is 14.9 Å². The zero-order chi connectivity index (χ0) is 22.1. The van der Waals surface area contributed by atoms with Crippen LogP contribution in [0.3, 0.4) is 0 Å². The molecule has 31 heavy (non-hydrogen) atoms. The van der Waals surface area contributed by atoms with Crippen molar-refractivity contribution in [3.8, 4) is 0 Å². The van der Waals surface area contributed by atoms with E-state index in [0.717, 1.165) is 18.5 Å². The molecule has 0 spiro atoms.